The Morgan fingerprint density at radius 2 is 1.96 bits per heavy atom. The lowest BCUT2D eigenvalue weighted by atomic mass is 9.61. The molecule has 3 aliphatic rings. The summed E-state index contributed by atoms with van der Waals surface area (Å²) >= 11 is 0. The van der Waals surface area contributed by atoms with E-state index >= 15 is 0 Å². The maximum atomic E-state index is 9.47. The molecule has 3 aliphatic carbocycles. The first-order valence-corrected chi connectivity index (χ1v) is 10.4. The predicted octanol–water partition coefficient (Wildman–Crippen LogP) is 5.52. The first-order valence-electron chi connectivity index (χ1n) is 10.4. The van der Waals surface area contributed by atoms with E-state index < -0.39 is 0 Å². The van der Waals surface area contributed by atoms with Crippen molar-refractivity contribution in [2.24, 2.45) is 17.3 Å². The van der Waals surface area contributed by atoms with Crippen LogP contribution in [0.4, 0.5) is 0 Å². The highest BCUT2D eigenvalue weighted by Crippen LogP contribution is 2.59. The van der Waals surface area contributed by atoms with Gasteiger partial charge in [-0.3, -0.25) is 0 Å². The predicted molar refractivity (Wildman–Crippen MR) is 107 cm³/mol. The molecule has 26 heavy (non-hydrogen) atoms. The number of aliphatic hydroxyl groups excluding tert-OH is 1. The molecule has 1 aromatic carbocycles. The summed E-state index contributed by atoms with van der Waals surface area (Å²) in [5, 5.41) is 9.47. The van der Waals surface area contributed by atoms with Crippen LogP contribution in [0.3, 0.4) is 0 Å². The van der Waals surface area contributed by atoms with Gasteiger partial charge in [0.25, 0.3) is 0 Å². The summed E-state index contributed by atoms with van der Waals surface area (Å²) in [6.45, 7) is 9.22. The van der Waals surface area contributed by atoms with E-state index in [1.165, 1.54) is 43.2 Å². The Kier molecular flexibility index (Phi) is 4.56. The van der Waals surface area contributed by atoms with Crippen LogP contribution in [0.25, 0.3) is 6.08 Å². The lowest BCUT2D eigenvalue weighted by Crippen LogP contribution is -2.44. The van der Waals surface area contributed by atoms with Gasteiger partial charge in [-0.05, 0) is 93.2 Å². The van der Waals surface area contributed by atoms with Gasteiger partial charge in [-0.1, -0.05) is 36.8 Å². The van der Waals surface area contributed by atoms with Crippen LogP contribution in [0.2, 0.25) is 0 Å². The first kappa shape index (κ1) is 18.3. The molecule has 0 saturated heterocycles. The minimum Gasteiger partial charge on any atom is -0.392 e. The van der Waals surface area contributed by atoms with Crippen LogP contribution in [-0.2, 0) is 17.8 Å². The van der Waals surface area contributed by atoms with Crippen molar-refractivity contribution in [2.45, 2.75) is 84.5 Å². The van der Waals surface area contributed by atoms with Crippen LogP contribution in [0, 0.1) is 17.3 Å². The fourth-order valence-electron chi connectivity index (χ4n) is 5.91. The quantitative estimate of drug-likeness (QED) is 0.758. The van der Waals surface area contributed by atoms with Crippen LogP contribution in [0.15, 0.2) is 23.8 Å². The number of allylic oxidation sites excluding steroid dienone is 1. The Bertz CT molecular complexity index is 711. The number of hydrogen-bond donors (Lipinski definition) is 1. The molecule has 2 nitrogen and oxygen atoms in total. The number of benzene rings is 1. The van der Waals surface area contributed by atoms with Crippen molar-refractivity contribution < 1.29 is 9.84 Å². The molecule has 0 unspecified atom stereocenters. The van der Waals surface area contributed by atoms with Gasteiger partial charge >= 0.3 is 0 Å². The van der Waals surface area contributed by atoms with E-state index in [-0.39, 0.29) is 12.2 Å². The molecule has 0 bridgehead atoms. The molecule has 2 saturated carbocycles. The molecule has 2 fully saturated rings. The smallest absolute Gasteiger partial charge is 0.0681 e. The van der Waals surface area contributed by atoms with E-state index in [1.807, 2.05) is 0 Å². The van der Waals surface area contributed by atoms with Crippen LogP contribution >= 0.6 is 0 Å². The summed E-state index contributed by atoms with van der Waals surface area (Å²) in [4.78, 5) is 0. The maximum absolute atomic E-state index is 9.47. The van der Waals surface area contributed by atoms with E-state index in [2.05, 4.69) is 52.0 Å². The van der Waals surface area contributed by atoms with Gasteiger partial charge < -0.3 is 9.84 Å². The van der Waals surface area contributed by atoms with Gasteiger partial charge in [-0.25, -0.2) is 0 Å². The minimum absolute atomic E-state index is 0.0565. The molecule has 0 radical (unpaired) electrons. The highest BCUT2D eigenvalue weighted by Gasteiger charge is 2.53. The third-order valence-corrected chi connectivity index (χ3v) is 7.19. The second-order valence-corrected chi connectivity index (χ2v) is 9.96. The third-order valence-electron chi connectivity index (χ3n) is 7.19. The topological polar surface area (TPSA) is 29.5 Å². The van der Waals surface area contributed by atoms with Crippen LogP contribution < -0.4 is 0 Å². The molecule has 0 aromatic heterocycles. The van der Waals surface area contributed by atoms with Gasteiger partial charge in [0.1, 0.15) is 0 Å². The van der Waals surface area contributed by atoms with E-state index in [4.69, 9.17) is 4.74 Å². The molecular weight excluding hydrogens is 320 g/mol. The van der Waals surface area contributed by atoms with Gasteiger partial charge in [0, 0.05) is 0 Å². The summed E-state index contributed by atoms with van der Waals surface area (Å²) in [7, 11) is 0. The minimum atomic E-state index is -0.0565. The normalized spacial score (nSPS) is 33.7. The second kappa shape index (κ2) is 6.49. The average Bonchev–Trinajstić information content (AvgIpc) is 2.79. The fourth-order valence-corrected chi connectivity index (χ4v) is 5.91. The standard InChI is InChI=1S/C24H34O2/c1-23(2,3)26-22-10-9-21-20-8-7-17-13-16(15-25)5-6-18(17)14-19(20)11-12-24(21,22)4/h5-6,13-14,20-22,25H,7-12,15H2,1-4H3/t20-,21+,22+,24+/m1/s1. The molecule has 4 rings (SSSR count). The number of aliphatic hydroxyl groups is 1. The zero-order chi connectivity index (χ0) is 18.5. The molecule has 2 heteroatoms. The molecule has 0 heterocycles. The maximum Gasteiger partial charge on any atom is 0.0681 e. The van der Waals surface area contributed by atoms with E-state index in [0.717, 1.165) is 17.9 Å². The van der Waals surface area contributed by atoms with E-state index in [1.54, 1.807) is 5.57 Å². The Balaban J connectivity index is 1.61. The fraction of sp³-hybridized carbons (Fsp3) is 0.667. The monoisotopic (exact) mass is 354 g/mol. The Labute approximate surface area is 158 Å². The van der Waals surface area contributed by atoms with Crippen molar-refractivity contribution in [3.05, 3.63) is 40.5 Å². The summed E-state index contributed by atoms with van der Waals surface area (Å²) in [5.74, 6) is 1.45. The number of hydrogen-bond acceptors (Lipinski definition) is 2. The van der Waals surface area contributed by atoms with Gasteiger partial charge in [-0.15, -0.1) is 0 Å². The van der Waals surface area contributed by atoms with Gasteiger partial charge in [0.05, 0.1) is 18.3 Å². The molecular formula is C24H34O2. The number of ether oxygens (including phenoxy) is 1. The molecule has 0 amide bonds. The van der Waals surface area contributed by atoms with Crippen LogP contribution in [0.1, 0.15) is 76.5 Å². The van der Waals surface area contributed by atoms with E-state index in [0.29, 0.717) is 17.4 Å². The second-order valence-electron chi connectivity index (χ2n) is 9.96. The Morgan fingerprint density at radius 1 is 1.15 bits per heavy atom. The number of aryl methyl sites for hydroxylation is 1. The van der Waals surface area contributed by atoms with E-state index in [9.17, 15) is 5.11 Å². The van der Waals surface area contributed by atoms with Crippen LogP contribution in [0.5, 0.6) is 0 Å². The van der Waals surface area contributed by atoms with Crippen molar-refractivity contribution in [1.29, 1.82) is 0 Å². The molecule has 0 aliphatic heterocycles. The van der Waals surface area contributed by atoms with Gasteiger partial charge in [0.15, 0.2) is 0 Å². The number of fused-ring (bicyclic) bond motifs is 4. The molecule has 1 aromatic rings. The summed E-state index contributed by atoms with van der Waals surface area (Å²) < 4.78 is 6.53. The van der Waals surface area contributed by atoms with Crippen molar-refractivity contribution in [2.75, 3.05) is 0 Å². The summed E-state index contributed by atoms with van der Waals surface area (Å²) in [5.41, 5.74) is 5.77. The van der Waals surface area contributed by atoms with Crippen molar-refractivity contribution in [3.63, 3.8) is 0 Å². The lowest BCUT2D eigenvalue weighted by molar-refractivity contribution is -0.118. The zero-order valence-corrected chi connectivity index (χ0v) is 16.8. The first-order chi connectivity index (χ1) is 12.3. The van der Waals surface area contributed by atoms with Gasteiger partial charge in [-0.2, -0.15) is 0 Å². The summed E-state index contributed by atoms with van der Waals surface area (Å²) in [6, 6.07) is 6.50. The van der Waals surface area contributed by atoms with Gasteiger partial charge in [0.2, 0.25) is 0 Å². The average molecular weight is 355 g/mol. The van der Waals surface area contributed by atoms with Crippen molar-refractivity contribution >= 4 is 6.08 Å². The summed E-state index contributed by atoms with van der Waals surface area (Å²) in [6.07, 6.45) is 10.2. The third kappa shape index (κ3) is 3.16. The lowest BCUT2D eigenvalue weighted by Gasteiger charge is -2.47. The highest BCUT2D eigenvalue weighted by molar-refractivity contribution is 5.60. The highest BCUT2D eigenvalue weighted by atomic mass is 16.5. The molecule has 1 N–H and O–H groups in total. The number of rotatable bonds is 2. The largest absolute Gasteiger partial charge is 0.392 e. The molecule has 0 spiro atoms. The van der Waals surface area contributed by atoms with Crippen LogP contribution in [-0.4, -0.2) is 16.8 Å². The van der Waals surface area contributed by atoms with Crippen molar-refractivity contribution in [1.82, 2.24) is 0 Å². The Hall–Kier alpha value is -1.12. The molecule has 142 valence electrons. The van der Waals surface area contributed by atoms with Crippen molar-refractivity contribution in [3.8, 4) is 0 Å². The zero-order valence-electron chi connectivity index (χ0n) is 16.8. The molecule has 4 atom stereocenters. The SMILES string of the molecule is CC(C)(C)O[C@H]1CC[C@H]2[C@@H]3CCc4cc(CO)ccc4C=C3CC[C@]12C. The Morgan fingerprint density at radius 3 is 2.69 bits per heavy atom.